The van der Waals surface area contributed by atoms with E-state index in [1.807, 2.05) is 0 Å². The molecule has 0 aromatic carbocycles. The molecule has 5 nitrogen and oxygen atoms in total. The van der Waals surface area contributed by atoms with Crippen molar-refractivity contribution in [1.82, 2.24) is 9.78 Å². The molecule has 0 aliphatic heterocycles. The van der Waals surface area contributed by atoms with Crippen LogP contribution in [-0.2, 0) is 0 Å². The Balaban J connectivity index is 2.40. The normalized spacial score (nSPS) is 17.1. The van der Waals surface area contributed by atoms with Crippen LogP contribution < -0.4 is 5.73 Å². The van der Waals surface area contributed by atoms with Crippen molar-refractivity contribution < 1.29 is 9.90 Å². The standard InChI is InChI=1S/C10H15N3O2/c1-6-8(10(14)15)9(11)13(12-6)7-4-2-3-5-7/h7H,2-5,11H2,1H3,(H,14,15). The summed E-state index contributed by atoms with van der Waals surface area (Å²) in [6.45, 7) is 1.69. The second-order valence-corrected chi connectivity index (χ2v) is 4.03. The van der Waals surface area contributed by atoms with E-state index >= 15 is 0 Å². The van der Waals surface area contributed by atoms with Crippen molar-refractivity contribution in [2.75, 3.05) is 5.73 Å². The maximum atomic E-state index is 10.9. The monoisotopic (exact) mass is 209 g/mol. The fourth-order valence-electron chi connectivity index (χ4n) is 2.26. The molecule has 0 amide bonds. The number of carbonyl (C=O) groups is 1. The van der Waals surface area contributed by atoms with E-state index in [-0.39, 0.29) is 11.6 Å². The molecule has 5 heteroatoms. The molecule has 2 rings (SSSR count). The zero-order chi connectivity index (χ0) is 11.0. The molecule has 15 heavy (non-hydrogen) atoms. The highest BCUT2D eigenvalue weighted by molar-refractivity contribution is 5.94. The summed E-state index contributed by atoms with van der Waals surface area (Å²) in [6, 6.07) is 0.289. The lowest BCUT2D eigenvalue weighted by molar-refractivity contribution is 0.0697. The van der Waals surface area contributed by atoms with E-state index in [1.165, 1.54) is 12.8 Å². The third-order valence-electron chi connectivity index (χ3n) is 3.01. The number of hydrogen-bond donors (Lipinski definition) is 2. The number of carboxylic acid groups (broad SMARTS) is 1. The Morgan fingerprint density at radius 2 is 2.13 bits per heavy atom. The minimum Gasteiger partial charge on any atom is -0.477 e. The molecule has 1 fully saturated rings. The summed E-state index contributed by atoms with van der Waals surface area (Å²) in [4.78, 5) is 10.9. The number of hydrogen-bond acceptors (Lipinski definition) is 3. The van der Waals surface area contributed by atoms with Gasteiger partial charge in [0.1, 0.15) is 11.4 Å². The quantitative estimate of drug-likeness (QED) is 0.774. The Morgan fingerprint density at radius 1 is 1.53 bits per heavy atom. The molecule has 1 saturated carbocycles. The van der Waals surface area contributed by atoms with Crippen molar-refractivity contribution in [1.29, 1.82) is 0 Å². The second-order valence-electron chi connectivity index (χ2n) is 4.03. The van der Waals surface area contributed by atoms with Gasteiger partial charge in [0.05, 0.1) is 11.7 Å². The first-order valence-electron chi connectivity index (χ1n) is 5.19. The fourth-order valence-corrected chi connectivity index (χ4v) is 2.26. The second kappa shape index (κ2) is 3.56. The number of aromatic nitrogens is 2. The SMILES string of the molecule is Cc1nn(C2CCCC2)c(N)c1C(=O)O. The van der Waals surface area contributed by atoms with Crippen molar-refractivity contribution in [2.24, 2.45) is 0 Å². The molecule has 0 saturated heterocycles. The van der Waals surface area contributed by atoms with Gasteiger partial charge in [-0.25, -0.2) is 9.48 Å². The summed E-state index contributed by atoms with van der Waals surface area (Å²) in [5.74, 6) is -0.693. The number of nitrogens with zero attached hydrogens (tertiary/aromatic N) is 2. The first-order chi connectivity index (χ1) is 7.11. The number of nitrogens with two attached hydrogens (primary N) is 1. The zero-order valence-corrected chi connectivity index (χ0v) is 8.73. The van der Waals surface area contributed by atoms with Crippen molar-refractivity contribution in [3.05, 3.63) is 11.3 Å². The highest BCUT2D eigenvalue weighted by Crippen LogP contribution is 2.32. The minimum atomic E-state index is -0.991. The van der Waals surface area contributed by atoms with Crippen LogP contribution in [0.1, 0.15) is 47.8 Å². The van der Waals surface area contributed by atoms with Gasteiger partial charge >= 0.3 is 5.97 Å². The van der Waals surface area contributed by atoms with Gasteiger partial charge in [-0.1, -0.05) is 12.8 Å². The molecule has 0 unspecified atom stereocenters. The van der Waals surface area contributed by atoms with Crippen LogP contribution in [0.5, 0.6) is 0 Å². The van der Waals surface area contributed by atoms with Gasteiger partial charge < -0.3 is 10.8 Å². The molecule has 0 bridgehead atoms. The first-order valence-corrected chi connectivity index (χ1v) is 5.19. The van der Waals surface area contributed by atoms with Gasteiger partial charge in [0.25, 0.3) is 0 Å². The number of anilines is 1. The van der Waals surface area contributed by atoms with E-state index in [4.69, 9.17) is 10.8 Å². The fraction of sp³-hybridized carbons (Fsp3) is 0.600. The number of aryl methyl sites for hydroxylation is 1. The van der Waals surface area contributed by atoms with Gasteiger partial charge in [-0.3, -0.25) is 0 Å². The summed E-state index contributed by atoms with van der Waals surface area (Å²) in [6.07, 6.45) is 4.44. The Hall–Kier alpha value is -1.52. The highest BCUT2D eigenvalue weighted by atomic mass is 16.4. The van der Waals surface area contributed by atoms with Crippen LogP contribution in [0.25, 0.3) is 0 Å². The molecule has 3 N–H and O–H groups in total. The summed E-state index contributed by atoms with van der Waals surface area (Å²) in [5, 5.41) is 13.2. The van der Waals surface area contributed by atoms with E-state index in [1.54, 1.807) is 11.6 Å². The molecule has 1 aliphatic carbocycles. The Morgan fingerprint density at radius 3 is 2.60 bits per heavy atom. The van der Waals surface area contributed by atoms with E-state index < -0.39 is 5.97 Å². The lowest BCUT2D eigenvalue weighted by Gasteiger charge is -2.11. The molecule has 1 heterocycles. The van der Waals surface area contributed by atoms with E-state index in [0.29, 0.717) is 11.5 Å². The highest BCUT2D eigenvalue weighted by Gasteiger charge is 2.25. The smallest absolute Gasteiger partial charge is 0.341 e. The average molecular weight is 209 g/mol. The van der Waals surface area contributed by atoms with Gasteiger partial charge in [0.2, 0.25) is 0 Å². The average Bonchev–Trinajstić information content (AvgIpc) is 2.72. The largest absolute Gasteiger partial charge is 0.477 e. The Kier molecular flexibility index (Phi) is 2.38. The summed E-state index contributed by atoms with van der Waals surface area (Å²) >= 11 is 0. The third kappa shape index (κ3) is 1.58. The van der Waals surface area contributed by atoms with Gasteiger partial charge in [-0.15, -0.1) is 0 Å². The number of nitrogen functional groups attached to an aromatic ring is 1. The first kappa shape index (κ1) is 10.0. The van der Waals surface area contributed by atoms with Crippen LogP contribution in [0.15, 0.2) is 0 Å². The molecular formula is C10H15N3O2. The molecule has 1 aliphatic rings. The molecule has 0 atom stereocenters. The van der Waals surface area contributed by atoms with Crippen LogP contribution >= 0.6 is 0 Å². The molecule has 82 valence electrons. The van der Waals surface area contributed by atoms with E-state index in [9.17, 15) is 4.79 Å². The van der Waals surface area contributed by atoms with E-state index in [2.05, 4.69) is 5.10 Å². The van der Waals surface area contributed by atoms with Crippen molar-refractivity contribution >= 4 is 11.8 Å². The third-order valence-corrected chi connectivity index (χ3v) is 3.01. The van der Waals surface area contributed by atoms with Gasteiger partial charge in [0, 0.05) is 0 Å². The van der Waals surface area contributed by atoms with Crippen LogP contribution in [0.2, 0.25) is 0 Å². The maximum absolute atomic E-state index is 10.9. The summed E-state index contributed by atoms with van der Waals surface area (Å²) < 4.78 is 1.69. The number of aromatic carboxylic acids is 1. The lowest BCUT2D eigenvalue weighted by atomic mass is 10.2. The van der Waals surface area contributed by atoms with Crippen LogP contribution in [0.3, 0.4) is 0 Å². The molecule has 0 spiro atoms. The number of rotatable bonds is 2. The predicted octanol–water partition coefficient (Wildman–Crippen LogP) is 1.59. The van der Waals surface area contributed by atoms with Crippen LogP contribution in [-0.4, -0.2) is 20.9 Å². The van der Waals surface area contributed by atoms with Gasteiger partial charge in [-0.05, 0) is 19.8 Å². The molecule has 0 radical (unpaired) electrons. The topological polar surface area (TPSA) is 81.1 Å². The van der Waals surface area contributed by atoms with Crippen molar-refractivity contribution in [2.45, 2.75) is 38.6 Å². The lowest BCUT2D eigenvalue weighted by Crippen LogP contribution is -2.11. The van der Waals surface area contributed by atoms with Crippen molar-refractivity contribution in [3.8, 4) is 0 Å². The minimum absolute atomic E-state index is 0.155. The summed E-state index contributed by atoms with van der Waals surface area (Å²) in [7, 11) is 0. The predicted molar refractivity (Wildman–Crippen MR) is 55.8 cm³/mol. The van der Waals surface area contributed by atoms with Gasteiger partial charge in [0.15, 0.2) is 0 Å². The zero-order valence-electron chi connectivity index (χ0n) is 8.73. The Bertz CT molecular complexity index is 392. The van der Waals surface area contributed by atoms with Crippen LogP contribution in [0.4, 0.5) is 5.82 Å². The van der Waals surface area contributed by atoms with Crippen molar-refractivity contribution in [3.63, 3.8) is 0 Å². The summed E-state index contributed by atoms with van der Waals surface area (Å²) in [5.41, 5.74) is 6.47. The molecule has 1 aromatic rings. The molecule has 1 aromatic heterocycles. The molecular weight excluding hydrogens is 194 g/mol. The van der Waals surface area contributed by atoms with Crippen LogP contribution in [0, 0.1) is 6.92 Å². The van der Waals surface area contributed by atoms with Gasteiger partial charge in [-0.2, -0.15) is 5.10 Å². The van der Waals surface area contributed by atoms with E-state index in [0.717, 1.165) is 12.8 Å². The maximum Gasteiger partial charge on any atom is 0.341 e. The number of carboxylic acids is 1. The Labute approximate surface area is 87.9 Å².